The van der Waals surface area contributed by atoms with E-state index in [4.69, 9.17) is 5.11 Å². The van der Waals surface area contributed by atoms with E-state index in [-0.39, 0.29) is 6.61 Å². The molecule has 0 amide bonds. The van der Waals surface area contributed by atoms with E-state index in [1.807, 2.05) is 0 Å². The van der Waals surface area contributed by atoms with Gasteiger partial charge in [-0.15, -0.1) is 0 Å². The van der Waals surface area contributed by atoms with Crippen LogP contribution < -0.4 is 5.32 Å². The van der Waals surface area contributed by atoms with Gasteiger partial charge in [0, 0.05) is 13.2 Å². The lowest BCUT2D eigenvalue weighted by atomic mass is 10.6. The van der Waals surface area contributed by atoms with Crippen LogP contribution >= 0.6 is 0 Å². The zero-order chi connectivity index (χ0) is 6.24. The second-order valence-electron chi connectivity index (χ2n) is 1.14. The minimum absolute atomic E-state index is 0.0601. The molecule has 0 aromatic rings. The highest BCUT2D eigenvalue weighted by molar-refractivity contribution is 5.55. The molecule has 0 aromatic carbocycles. The lowest BCUT2D eigenvalue weighted by Crippen LogP contribution is -1.99. The molecular formula is C5H10N2O. The molecule has 0 bridgehead atoms. The topological polar surface area (TPSA) is 44.6 Å². The van der Waals surface area contributed by atoms with Crippen molar-refractivity contribution in [3.05, 3.63) is 12.3 Å². The molecular weight excluding hydrogens is 104 g/mol. The molecule has 0 aliphatic rings. The van der Waals surface area contributed by atoms with Crippen LogP contribution in [0.2, 0.25) is 0 Å². The fourth-order valence-corrected chi connectivity index (χ4v) is 0.238. The number of aliphatic hydroxyl groups excluding tert-OH is 1. The number of nitrogens with zero attached hydrogens (tertiary/aromatic N) is 1. The quantitative estimate of drug-likeness (QED) is 0.392. The summed E-state index contributed by atoms with van der Waals surface area (Å²) in [5.74, 6) is 0. The van der Waals surface area contributed by atoms with Gasteiger partial charge in [-0.05, 0) is 6.08 Å². The Kier molecular flexibility index (Phi) is 5.53. The summed E-state index contributed by atoms with van der Waals surface area (Å²) >= 11 is 0. The molecule has 0 heterocycles. The monoisotopic (exact) mass is 114 g/mol. The van der Waals surface area contributed by atoms with Crippen LogP contribution in [0.3, 0.4) is 0 Å². The van der Waals surface area contributed by atoms with Gasteiger partial charge in [0.15, 0.2) is 0 Å². The Balaban J connectivity index is 3.03. The minimum Gasteiger partial charge on any atom is -0.392 e. The average molecular weight is 114 g/mol. The first-order valence-corrected chi connectivity index (χ1v) is 2.34. The first-order valence-electron chi connectivity index (χ1n) is 2.34. The summed E-state index contributed by atoms with van der Waals surface area (Å²) in [5, 5.41) is 10.9. The first-order chi connectivity index (χ1) is 3.91. The van der Waals surface area contributed by atoms with Crippen LogP contribution in [0.5, 0.6) is 0 Å². The maximum Gasteiger partial charge on any atom is 0.0859 e. The third-order valence-corrected chi connectivity index (χ3v) is 0.523. The fourth-order valence-electron chi connectivity index (χ4n) is 0.238. The van der Waals surface area contributed by atoms with E-state index in [0.29, 0.717) is 0 Å². The zero-order valence-corrected chi connectivity index (χ0v) is 4.83. The van der Waals surface area contributed by atoms with Crippen LogP contribution in [0, 0.1) is 0 Å². The molecule has 3 heteroatoms. The normalized spacial score (nSPS) is 11.2. The van der Waals surface area contributed by atoms with Gasteiger partial charge in [0.05, 0.1) is 12.9 Å². The maximum absolute atomic E-state index is 8.19. The average Bonchev–Trinajstić information content (AvgIpc) is 1.81. The Morgan fingerprint density at radius 2 is 2.50 bits per heavy atom. The smallest absolute Gasteiger partial charge is 0.0859 e. The lowest BCUT2D eigenvalue weighted by Gasteiger charge is -1.83. The molecule has 0 aliphatic heterocycles. The van der Waals surface area contributed by atoms with Gasteiger partial charge in [-0.1, -0.05) is 0 Å². The van der Waals surface area contributed by atoms with Gasteiger partial charge in [-0.2, -0.15) is 0 Å². The molecule has 8 heavy (non-hydrogen) atoms. The number of nitrogens with one attached hydrogen (secondary N) is 1. The molecule has 0 unspecified atom stereocenters. The van der Waals surface area contributed by atoms with Gasteiger partial charge < -0.3 is 10.4 Å². The van der Waals surface area contributed by atoms with E-state index >= 15 is 0 Å². The molecule has 0 saturated heterocycles. The van der Waals surface area contributed by atoms with Gasteiger partial charge in [0.1, 0.15) is 0 Å². The predicted molar refractivity (Wildman–Crippen MR) is 33.8 cm³/mol. The van der Waals surface area contributed by atoms with Gasteiger partial charge in [0.25, 0.3) is 0 Å². The Morgan fingerprint density at radius 3 is 3.00 bits per heavy atom. The van der Waals surface area contributed by atoms with Crippen LogP contribution in [0.25, 0.3) is 0 Å². The molecule has 0 rings (SSSR count). The Hall–Kier alpha value is -0.830. The van der Waals surface area contributed by atoms with Crippen molar-refractivity contribution >= 4 is 6.34 Å². The van der Waals surface area contributed by atoms with Crippen molar-refractivity contribution in [2.24, 2.45) is 4.99 Å². The minimum atomic E-state index is 0.0601. The summed E-state index contributed by atoms with van der Waals surface area (Å²) in [6, 6.07) is 0. The predicted octanol–water partition coefficient (Wildman–Crippen LogP) is -0.260. The summed E-state index contributed by atoms with van der Waals surface area (Å²) in [4.78, 5) is 3.64. The van der Waals surface area contributed by atoms with Crippen molar-refractivity contribution in [3.8, 4) is 0 Å². The lowest BCUT2D eigenvalue weighted by molar-refractivity contribution is 0.342. The molecule has 0 saturated carbocycles. The van der Waals surface area contributed by atoms with Crippen LogP contribution in [-0.4, -0.2) is 25.1 Å². The molecule has 0 atom stereocenters. The molecule has 2 N–H and O–H groups in total. The Bertz CT molecular complexity index is 88.4. The highest BCUT2D eigenvalue weighted by Gasteiger charge is 1.62. The highest BCUT2D eigenvalue weighted by atomic mass is 16.2. The van der Waals surface area contributed by atoms with Gasteiger partial charge in [-0.3, -0.25) is 4.99 Å². The van der Waals surface area contributed by atoms with Crippen molar-refractivity contribution in [3.63, 3.8) is 0 Å². The largest absolute Gasteiger partial charge is 0.392 e. The van der Waals surface area contributed by atoms with Crippen LogP contribution in [-0.2, 0) is 0 Å². The molecule has 0 aliphatic carbocycles. The fraction of sp³-hybridized carbons (Fsp3) is 0.400. The third kappa shape index (κ3) is 5.17. The Labute approximate surface area is 48.7 Å². The summed E-state index contributed by atoms with van der Waals surface area (Å²) in [6.45, 7) is 0.0601. The van der Waals surface area contributed by atoms with Crippen LogP contribution in [0.1, 0.15) is 0 Å². The summed E-state index contributed by atoms with van der Waals surface area (Å²) in [5.41, 5.74) is 0. The standard InChI is InChI=1S/C5H10N2O/c1-6-5-7-3-2-4-8/h2-3,5,8H,4H2,1H3,(H,6,7)/b3-2-. The summed E-state index contributed by atoms with van der Waals surface area (Å²) < 4.78 is 0. The number of rotatable bonds is 3. The number of aliphatic imine (C=N–C) groups is 1. The van der Waals surface area contributed by atoms with Crippen molar-refractivity contribution in [2.45, 2.75) is 0 Å². The Morgan fingerprint density at radius 1 is 1.75 bits per heavy atom. The van der Waals surface area contributed by atoms with Crippen LogP contribution in [0.4, 0.5) is 0 Å². The number of hydrogen-bond donors (Lipinski definition) is 2. The van der Waals surface area contributed by atoms with Gasteiger partial charge in [0.2, 0.25) is 0 Å². The summed E-state index contributed by atoms with van der Waals surface area (Å²) in [7, 11) is 1.67. The molecule has 0 fully saturated rings. The maximum atomic E-state index is 8.19. The van der Waals surface area contributed by atoms with Gasteiger partial charge >= 0.3 is 0 Å². The molecule has 0 spiro atoms. The van der Waals surface area contributed by atoms with Crippen molar-refractivity contribution in [2.75, 3.05) is 13.7 Å². The molecule has 46 valence electrons. The number of hydrogen-bond acceptors (Lipinski definition) is 2. The second-order valence-corrected chi connectivity index (χ2v) is 1.14. The molecule has 0 radical (unpaired) electrons. The summed E-state index contributed by atoms with van der Waals surface area (Å²) in [6.07, 6.45) is 4.74. The third-order valence-electron chi connectivity index (χ3n) is 0.523. The second kappa shape index (κ2) is 6.17. The SMILES string of the molecule is CN=CN/C=C\CO. The molecule has 3 nitrogen and oxygen atoms in total. The highest BCUT2D eigenvalue weighted by Crippen LogP contribution is 1.59. The van der Waals surface area contributed by atoms with E-state index in [1.165, 1.54) is 6.34 Å². The van der Waals surface area contributed by atoms with Gasteiger partial charge in [-0.25, -0.2) is 0 Å². The number of aliphatic hydroxyl groups is 1. The van der Waals surface area contributed by atoms with E-state index < -0.39 is 0 Å². The zero-order valence-electron chi connectivity index (χ0n) is 4.83. The van der Waals surface area contributed by atoms with Crippen molar-refractivity contribution < 1.29 is 5.11 Å². The van der Waals surface area contributed by atoms with E-state index in [1.54, 1.807) is 19.3 Å². The van der Waals surface area contributed by atoms with Crippen molar-refractivity contribution in [1.29, 1.82) is 0 Å². The van der Waals surface area contributed by atoms with E-state index in [0.717, 1.165) is 0 Å². The molecule has 0 aromatic heterocycles. The van der Waals surface area contributed by atoms with Crippen molar-refractivity contribution in [1.82, 2.24) is 5.32 Å². The van der Waals surface area contributed by atoms with E-state index in [9.17, 15) is 0 Å². The van der Waals surface area contributed by atoms with Crippen LogP contribution in [0.15, 0.2) is 17.3 Å². The van der Waals surface area contributed by atoms with E-state index in [2.05, 4.69) is 10.3 Å². The first kappa shape index (κ1) is 7.17.